The molecular weight excluding hydrogens is 355 g/mol. The summed E-state index contributed by atoms with van der Waals surface area (Å²) in [5.41, 5.74) is -2.81. The van der Waals surface area contributed by atoms with E-state index in [1.54, 1.807) is 6.92 Å². The van der Waals surface area contributed by atoms with Crippen molar-refractivity contribution in [1.82, 2.24) is 5.32 Å². The molecule has 0 heterocycles. The number of alkyl halides is 3. The molecule has 0 aromatic heterocycles. The van der Waals surface area contributed by atoms with E-state index in [-0.39, 0.29) is 16.5 Å². The molecule has 0 bridgehead atoms. The van der Waals surface area contributed by atoms with Crippen LogP contribution in [0.4, 0.5) is 13.2 Å². The van der Waals surface area contributed by atoms with Crippen LogP contribution in [0.15, 0.2) is 22.7 Å². The van der Waals surface area contributed by atoms with Crippen LogP contribution < -0.4 is 5.32 Å². The fourth-order valence-corrected chi connectivity index (χ4v) is 1.91. The first-order valence-electron chi connectivity index (χ1n) is 5.94. The number of carboxylic acids is 1. The average molecular weight is 368 g/mol. The van der Waals surface area contributed by atoms with Crippen molar-refractivity contribution >= 4 is 27.8 Å². The van der Waals surface area contributed by atoms with Crippen molar-refractivity contribution < 1.29 is 27.9 Å². The molecule has 4 nitrogen and oxygen atoms in total. The number of carboxylic acid groups (broad SMARTS) is 1. The van der Waals surface area contributed by atoms with E-state index in [0.717, 1.165) is 12.1 Å². The van der Waals surface area contributed by atoms with E-state index in [1.807, 2.05) is 0 Å². The number of amides is 1. The fourth-order valence-electron chi connectivity index (χ4n) is 1.49. The van der Waals surface area contributed by atoms with E-state index < -0.39 is 29.2 Å². The largest absolute Gasteiger partial charge is 0.480 e. The predicted molar refractivity (Wildman–Crippen MR) is 72.9 cm³/mol. The van der Waals surface area contributed by atoms with Crippen LogP contribution in [0.1, 0.15) is 36.2 Å². The Kier molecular flexibility index (Phi) is 5.03. The number of aliphatic carboxylic acids is 1. The van der Waals surface area contributed by atoms with E-state index in [4.69, 9.17) is 5.11 Å². The van der Waals surface area contributed by atoms with Gasteiger partial charge in [-0.05, 0) is 47.5 Å². The Hall–Kier alpha value is -1.57. The van der Waals surface area contributed by atoms with E-state index in [9.17, 15) is 22.8 Å². The lowest BCUT2D eigenvalue weighted by molar-refractivity contribution is -0.144. The monoisotopic (exact) mass is 367 g/mol. The van der Waals surface area contributed by atoms with Gasteiger partial charge in [-0.25, -0.2) is 4.79 Å². The molecule has 0 aliphatic rings. The van der Waals surface area contributed by atoms with Gasteiger partial charge in [-0.15, -0.1) is 0 Å². The van der Waals surface area contributed by atoms with Gasteiger partial charge >= 0.3 is 12.1 Å². The summed E-state index contributed by atoms with van der Waals surface area (Å²) in [6, 6.07) is 2.61. The second kappa shape index (κ2) is 6.05. The number of hydrogen-bond donors (Lipinski definition) is 2. The van der Waals surface area contributed by atoms with Crippen LogP contribution in [-0.4, -0.2) is 22.5 Å². The highest BCUT2D eigenvalue weighted by Crippen LogP contribution is 2.32. The molecule has 0 spiro atoms. The molecule has 1 atom stereocenters. The van der Waals surface area contributed by atoms with Gasteiger partial charge in [0.2, 0.25) is 0 Å². The van der Waals surface area contributed by atoms with Gasteiger partial charge in [0.05, 0.1) is 11.1 Å². The summed E-state index contributed by atoms with van der Waals surface area (Å²) in [4.78, 5) is 23.2. The minimum atomic E-state index is -4.59. The van der Waals surface area contributed by atoms with Gasteiger partial charge in [0.15, 0.2) is 0 Å². The maximum atomic E-state index is 12.7. The number of carbonyl (C=O) groups excluding carboxylic acids is 1. The summed E-state index contributed by atoms with van der Waals surface area (Å²) in [5.74, 6) is -2.15. The van der Waals surface area contributed by atoms with Gasteiger partial charge in [-0.1, -0.05) is 6.92 Å². The van der Waals surface area contributed by atoms with Crippen molar-refractivity contribution in [2.24, 2.45) is 0 Å². The van der Waals surface area contributed by atoms with Gasteiger partial charge in [0.1, 0.15) is 5.54 Å². The zero-order chi connectivity index (χ0) is 16.4. The van der Waals surface area contributed by atoms with Crippen molar-refractivity contribution in [2.75, 3.05) is 0 Å². The summed E-state index contributed by atoms with van der Waals surface area (Å²) in [7, 11) is 0. The second-order valence-corrected chi connectivity index (χ2v) is 5.49. The lowest BCUT2D eigenvalue weighted by Crippen LogP contribution is -2.51. The summed E-state index contributed by atoms with van der Waals surface area (Å²) in [5, 5.41) is 11.3. The van der Waals surface area contributed by atoms with Crippen LogP contribution in [-0.2, 0) is 11.0 Å². The van der Waals surface area contributed by atoms with Crippen molar-refractivity contribution in [3.8, 4) is 0 Å². The zero-order valence-corrected chi connectivity index (χ0v) is 12.8. The first kappa shape index (κ1) is 17.5. The van der Waals surface area contributed by atoms with E-state index in [0.29, 0.717) is 6.07 Å². The summed E-state index contributed by atoms with van der Waals surface area (Å²) < 4.78 is 38.1. The molecule has 0 radical (unpaired) electrons. The maximum Gasteiger partial charge on any atom is 0.416 e. The fraction of sp³-hybridized carbons (Fsp3) is 0.385. The van der Waals surface area contributed by atoms with Crippen LogP contribution in [0.5, 0.6) is 0 Å². The Morgan fingerprint density at radius 2 is 1.90 bits per heavy atom. The molecule has 2 N–H and O–H groups in total. The molecule has 1 aromatic carbocycles. The molecule has 0 aliphatic carbocycles. The number of carbonyl (C=O) groups is 2. The summed E-state index contributed by atoms with van der Waals surface area (Å²) in [6.07, 6.45) is -4.50. The van der Waals surface area contributed by atoms with Gasteiger partial charge in [-0.2, -0.15) is 13.2 Å². The third kappa shape index (κ3) is 3.96. The van der Waals surface area contributed by atoms with Crippen molar-refractivity contribution in [3.05, 3.63) is 33.8 Å². The number of hydrogen-bond acceptors (Lipinski definition) is 2. The molecule has 0 saturated carbocycles. The lowest BCUT2D eigenvalue weighted by atomic mass is 9.98. The van der Waals surface area contributed by atoms with Crippen molar-refractivity contribution in [3.63, 3.8) is 0 Å². The Balaban J connectivity index is 3.16. The molecule has 1 amide bonds. The number of halogens is 4. The topological polar surface area (TPSA) is 66.4 Å². The Morgan fingerprint density at radius 1 is 1.33 bits per heavy atom. The second-order valence-electron chi connectivity index (χ2n) is 4.64. The minimum absolute atomic E-state index is 0.0880. The summed E-state index contributed by atoms with van der Waals surface area (Å²) >= 11 is 2.99. The third-order valence-corrected chi connectivity index (χ3v) is 3.80. The van der Waals surface area contributed by atoms with Gasteiger partial charge in [0.25, 0.3) is 5.91 Å². The van der Waals surface area contributed by atoms with Crippen LogP contribution in [0.25, 0.3) is 0 Å². The SMILES string of the molecule is CCC(C)(NC(=O)c1cc(C(F)(F)F)ccc1Br)C(=O)O. The molecule has 0 saturated heterocycles. The molecule has 1 unspecified atom stereocenters. The number of nitrogens with one attached hydrogen (secondary N) is 1. The predicted octanol–water partition coefficient (Wildman–Crippen LogP) is 3.45. The van der Waals surface area contributed by atoms with Crippen molar-refractivity contribution in [2.45, 2.75) is 32.0 Å². The lowest BCUT2D eigenvalue weighted by Gasteiger charge is -2.25. The average Bonchev–Trinajstić information content (AvgIpc) is 2.37. The molecule has 8 heteroatoms. The smallest absolute Gasteiger partial charge is 0.416 e. The third-order valence-electron chi connectivity index (χ3n) is 3.11. The highest BCUT2D eigenvalue weighted by Gasteiger charge is 2.35. The van der Waals surface area contributed by atoms with Crippen LogP contribution in [0.3, 0.4) is 0 Å². The summed E-state index contributed by atoms with van der Waals surface area (Å²) in [6.45, 7) is 2.84. The number of benzene rings is 1. The van der Waals surface area contributed by atoms with Crippen LogP contribution in [0.2, 0.25) is 0 Å². The Morgan fingerprint density at radius 3 is 2.33 bits per heavy atom. The molecule has 1 aromatic rings. The quantitative estimate of drug-likeness (QED) is 0.856. The van der Waals surface area contributed by atoms with Crippen molar-refractivity contribution in [1.29, 1.82) is 0 Å². The molecule has 21 heavy (non-hydrogen) atoms. The minimum Gasteiger partial charge on any atom is -0.480 e. The molecular formula is C13H13BrF3NO3. The van der Waals surface area contributed by atoms with Crippen LogP contribution >= 0.6 is 15.9 Å². The highest BCUT2D eigenvalue weighted by atomic mass is 79.9. The van der Waals surface area contributed by atoms with Gasteiger partial charge in [-0.3, -0.25) is 4.79 Å². The molecule has 0 fully saturated rings. The molecule has 0 aliphatic heterocycles. The van der Waals surface area contributed by atoms with Gasteiger partial charge < -0.3 is 10.4 Å². The normalized spacial score (nSPS) is 14.4. The maximum absolute atomic E-state index is 12.7. The van der Waals surface area contributed by atoms with Crippen LogP contribution in [0, 0.1) is 0 Å². The standard InChI is InChI=1S/C13H13BrF3NO3/c1-3-12(2,11(20)21)18-10(19)8-6-7(13(15,16)17)4-5-9(8)14/h4-6H,3H2,1-2H3,(H,18,19)(H,20,21). The van der Waals surface area contributed by atoms with E-state index in [1.165, 1.54) is 6.92 Å². The first-order chi connectivity index (χ1) is 9.51. The molecule has 116 valence electrons. The van der Waals surface area contributed by atoms with E-state index in [2.05, 4.69) is 21.2 Å². The Labute approximate surface area is 127 Å². The Bertz CT molecular complexity index is 574. The first-order valence-corrected chi connectivity index (χ1v) is 6.73. The zero-order valence-electron chi connectivity index (χ0n) is 11.2. The highest BCUT2D eigenvalue weighted by molar-refractivity contribution is 9.10. The number of rotatable bonds is 4. The van der Waals surface area contributed by atoms with E-state index >= 15 is 0 Å². The molecule has 1 rings (SSSR count). The van der Waals surface area contributed by atoms with Gasteiger partial charge in [0, 0.05) is 4.47 Å².